The highest BCUT2D eigenvalue weighted by molar-refractivity contribution is 5.75. The van der Waals surface area contributed by atoms with E-state index in [1.807, 2.05) is 43.3 Å². The summed E-state index contributed by atoms with van der Waals surface area (Å²) in [6.45, 7) is 9.28. The van der Waals surface area contributed by atoms with E-state index in [9.17, 15) is 4.79 Å². The van der Waals surface area contributed by atoms with Gasteiger partial charge in [-0.25, -0.2) is 0 Å². The molecule has 0 aromatic heterocycles. The number of aliphatic hydroxyl groups is 1. The van der Waals surface area contributed by atoms with Crippen LogP contribution in [0.3, 0.4) is 0 Å². The molecule has 1 aromatic rings. The molecule has 0 spiro atoms. The lowest BCUT2D eigenvalue weighted by Gasteiger charge is -2.25. The zero-order valence-corrected chi connectivity index (χ0v) is 11.0. The SMILES string of the molecule is C=C/C=C(\C=C)C(C)(C=O)c1ccccc1.CO. The summed E-state index contributed by atoms with van der Waals surface area (Å²) in [7, 11) is 1.00. The van der Waals surface area contributed by atoms with Crippen molar-refractivity contribution in [3.8, 4) is 0 Å². The minimum Gasteiger partial charge on any atom is -0.400 e. The fourth-order valence-corrected chi connectivity index (χ4v) is 1.67. The molecule has 0 heterocycles. The van der Waals surface area contributed by atoms with Crippen LogP contribution in [-0.2, 0) is 10.2 Å². The number of carbonyl (C=O) groups excluding carboxylic acids is 1. The largest absolute Gasteiger partial charge is 0.400 e. The van der Waals surface area contributed by atoms with Gasteiger partial charge in [0.1, 0.15) is 6.29 Å². The fourth-order valence-electron chi connectivity index (χ4n) is 1.67. The van der Waals surface area contributed by atoms with Crippen molar-refractivity contribution in [2.24, 2.45) is 0 Å². The van der Waals surface area contributed by atoms with E-state index in [1.165, 1.54) is 0 Å². The van der Waals surface area contributed by atoms with Crippen LogP contribution in [0, 0.1) is 0 Å². The maximum absolute atomic E-state index is 11.4. The highest BCUT2D eigenvalue weighted by Crippen LogP contribution is 2.30. The molecule has 0 aliphatic carbocycles. The molecule has 1 atom stereocenters. The van der Waals surface area contributed by atoms with Crippen molar-refractivity contribution in [1.82, 2.24) is 0 Å². The quantitative estimate of drug-likeness (QED) is 0.638. The van der Waals surface area contributed by atoms with Crippen molar-refractivity contribution >= 4 is 6.29 Å². The Bertz CT molecular complexity index is 418. The first-order valence-electron chi connectivity index (χ1n) is 5.61. The molecule has 1 rings (SSSR count). The molecule has 2 heteroatoms. The summed E-state index contributed by atoms with van der Waals surface area (Å²) in [5.41, 5.74) is 1.15. The fraction of sp³-hybridized carbons (Fsp3) is 0.188. The Kier molecular flexibility index (Phi) is 7.32. The molecule has 1 unspecified atom stereocenters. The molecule has 0 amide bonds. The molecule has 0 saturated heterocycles. The molecule has 0 saturated carbocycles. The molecule has 1 N–H and O–H groups in total. The van der Waals surface area contributed by atoms with E-state index in [2.05, 4.69) is 13.2 Å². The van der Waals surface area contributed by atoms with Crippen molar-refractivity contribution in [3.63, 3.8) is 0 Å². The minimum absolute atomic E-state index is 0.656. The number of hydrogen-bond acceptors (Lipinski definition) is 2. The van der Waals surface area contributed by atoms with Crippen LogP contribution in [0.1, 0.15) is 12.5 Å². The first-order chi connectivity index (χ1) is 8.69. The van der Waals surface area contributed by atoms with Gasteiger partial charge in [-0.3, -0.25) is 0 Å². The van der Waals surface area contributed by atoms with E-state index >= 15 is 0 Å². The van der Waals surface area contributed by atoms with Crippen molar-refractivity contribution in [2.75, 3.05) is 7.11 Å². The van der Waals surface area contributed by atoms with Crippen LogP contribution >= 0.6 is 0 Å². The van der Waals surface area contributed by atoms with E-state index in [1.54, 1.807) is 12.2 Å². The van der Waals surface area contributed by atoms with Gasteiger partial charge < -0.3 is 9.90 Å². The molecule has 0 fully saturated rings. The highest BCUT2D eigenvalue weighted by Gasteiger charge is 2.28. The van der Waals surface area contributed by atoms with Gasteiger partial charge in [-0.2, -0.15) is 0 Å². The van der Waals surface area contributed by atoms with Crippen LogP contribution in [0.5, 0.6) is 0 Å². The number of carbonyl (C=O) groups is 1. The molecule has 0 aliphatic heterocycles. The molecular formula is C16H20O2. The number of hydrogen-bond donors (Lipinski definition) is 1. The lowest BCUT2D eigenvalue weighted by atomic mass is 9.77. The third kappa shape index (κ3) is 3.54. The number of aliphatic hydroxyl groups excluding tert-OH is 1. The van der Waals surface area contributed by atoms with Crippen LogP contribution in [0.2, 0.25) is 0 Å². The minimum atomic E-state index is -0.656. The predicted molar refractivity (Wildman–Crippen MR) is 76.5 cm³/mol. The highest BCUT2D eigenvalue weighted by atomic mass is 16.2. The van der Waals surface area contributed by atoms with Gasteiger partial charge in [-0.15, -0.1) is 0 Å². The van der Waals surface area contributed by atoms with Gasteiger partial charge in [0.25, 0.3) is 0 Å². The average Bonchev–Trinajstić information content (AvgIpc) is 2.47. The summed E-state index contributed by atoms with van der Waals surface area (Å²) in [6.07, 6.45) is 6.12. The van der Waals surface area contributed by atoms with Crippen LogP contribution in [0.15, 0.2) is 67.3 Å². The van der Waals surface area contributed by atoms with Gasteiger partial charge in [0.05, 0.1) is 5.41 Å². The zero-order valence-electron chi connectivity index (χ0n) is 11.0. The predicted octanol–water partition coefficient (Wildman–Crippen LogP) is 3.05. The van der Waals surface area contributed by atoms with Crippen molar-refractivity contribution in [1.29, 1.82) is 0 Å². The van der Waals surface area contributed by atoms with Crippen molar-refractivity contribution in [2.45, 2.75) is 12.3 Å². The van der Waals surface area contributed by atoms with Crippen LogP contribution in [-0.4, -0.2) is 18.5 Å². The lowest BCUT2D eigenvalue weighted by molar-refractivity contribution is -0.111. The number of aldehydes is 1. The van der Waals surface area contributed by atoms with Gasteiger partial charge in [0.2, 0.25) is 0 Å². The monoisotopic (exact) mass is 244 g/mol. The van der Waals surface area contributed by atoms with E-state index in [-0.39, 0.29) is 0 Å². The van der Waals surface area contributed by atoms with Gasteiger partial charge in [-0.1, -0.05) is 61.7 Å². The Morgan fingerprint density at radius 3 is 2.17 bits per heavy atom. The Hall–Kier alpha value is -1.93. The second kappa shape index (κ2) is 8.20. The molecule has 1 aromatic carbocycles. The van der Waals surface area contributed by atoms with Crippen LogP contribution in [0.25, 0.3) is 0 Å². The van der Waals surface area contributed by atoms with Gasteiger partial charge >= 0.3 is 0 Å². The summed E-state index contributed by atoms with van der Waals surface area (Å²) in [5, 5.41) is 7.00. The van der Waals surface area contributed by atoms with E-state index in [0.717, 1.165) is 24.5 Å². The average molecular weight is 244 g/mol. The van der Waals surface area contributed by atoms with Crippen LogP contribution < -0.4 is 0 Å². The Morgan fingerprint density at radius 2 is 1.78 bits per heavy atom. The standard InChI is InChI=1S/C15H16O.CH4O/c1-4-9-13(5-2)15(3,12-16)14-10-7-6-8-11-14;1-2/h4-12H,1-2H2,3H3;2H,1H3/b13-9+;. The first kappa shape index (κ1) is 16.1. The summed E-state index contributed by atoms with van der Waals surface area (Å²) in [6, 6.07) is 9.65. The first-order valence-corrected chi connectivity index (χ1v) is 5.61. The second-order valence-electron chi connectivity index (χ2n) is 3.75. The molecule has 96 valence electrons. The molecule has 0 aliphatic rings. The number of allylic oxidation sites excluding steroid dienone is 4. The Labute approximate surface area is 109 Å². The molecule has 18 heavy (non-hydrogen) atoms. The Balaban J connectivity index is 0.00000137. The van der Waals surface area contributed by atoms with Gasteiger partial charge in [-0.05, 0) is 18.1 Å². The third-order valence-corrected chi connectivity index (χ3v) is 2.73. The molecule has 2 nitrogen and oxygen atoms in total. The van der Waals surface area contributed by atoms with Crippen molar-refractivity contribution < 1.29 is 9.90 Å². The van der Waals surface area contributed by atoms with E-state index in [4.69, 9.17) is 5.11 Å². The molecule has 0 bridgehead atoms. The third-order valence-electron chi connectivity index (χ3n) is 2.73. The lowest BCUT2D eigenvalue weighted by Crippen LogP contribution is -2.25. The molecule has 0 radical (unpaired) electrons. The molecular weight excluding hydrogens is 224 g/mol. The van der Waals surface area contributed by atoms with E-state index in [0.29, 0.717) is 0 Å². The zero-order chi connectivity index (χ0) is 14.0. The van der Waals surface area contributed by atoms with Gasteiger partial charge in [0, 0.05) is 7.11 Å². The summed E-state index contributed by atoms with van der Waals surface area (Å²) in [4.78, 5) is 11.4. The normalized spacial score (nSPS) is 13.6. The summed E-state index contributed by atoms with van der Waals surface area (Å²) in [5.74, 6) is 0. The number of rotatable bonds is 5. The topological polar surface area (TPSA) is 37.3 Å². The summed E-state index contributed by atoms with van der Waals surface area (Å²) >= 11 is 0. The smallest absolute Gasteiger partial charge is 0.134 e. The second-order valence-corrected chi connectivity index (χ2v) is 3.75. The van der Waals surface area contributed by atoms with Crippen molar-refractivity contribution in [3.05, 3.63) is 72.9 Å². The van der Waals surface area contributed by atoms with Crippen LogP contribution in [0.4, 0.5) is 0 Å². The maximum atomic E-state index is 11.4. The Morgan fingerprint density at radius 1 is 1.22 bits per heavy atom. The maximum Gasteiger partial charge on any atom is 0.134 e. The van der Waals surface area contributed by atoms with E-state index < -0.39 is 5.41 Å². The number of benzene rings is 1. The van der Waals surface area contributed by atoms with Gasteiger partial charge in [0.15, 0.2) is 0 Å². The summed E-state index contributed by atoms with van der Waals surface area (Å²) < 4.78 is 0.